The smallest absolute Gasteiger partial charge is 0.110 e. The van der Waals surface area contributed by atoms with Crippen LogP contribution in [0.5, 0.6) is 0 Å². The van der Waals surface area contributed by atoms with Crippen LogP contribution in [0.1, 0.15) is 38.1 Å². The van der Waals surface area contributed by atoms with Gasteiger partial charge in [0.25, 0.3) is 0 Å². The fraction of sp³-hybridized carbons (Fsp3) is 0.529. The van der Waals surface area contributed by atoms with Gasteiger partial charge < -0.3 is 9.88 Å². The first-order valence-electron chi connectivity index (χ1n) is 7.95. The van der Waals surface area contributed by atoms with Crippen molar-refractivity contribution in [2.75, 3.05) is 6.54 Å². The van der Waals surface area contributed by atoms with Crippen LogP contribution in [0.2, 0.25) is 0 Å². The van der Waals surface area contributed by atoms with Gasteiger partial charge in [-0.05, 0) is 43.5 Å². The molecule has 0 aromatic carbocycles. The maximum Gasteiger partial charge on any atom is 0.110 e. The Morgan fingerprint density at radius 1 is 1.19 bits per heavy atom. The molecule has 2 rings (SSSR count). The zero-order valence-corrected chi connectivity index (χ0v) is 13.1. The molecule has 0 bridgehead atoms. The molecule has 0 saturated carbocycles. The lowest BCUT2D eigenvalue weighted by Gasteiger charge is -2.18. The number of aromatic nitrogens is 3. The van der Waals surface area contributed by atoms with Gasteiger partial charge >= 0.3 is 0 Å². The number of pyridine rings is 1. The number of likely N-dealkylation sites (N-methyl/N-ethyl adjacent to an activating group) is 1. The van der Waals surface area contributed by atoms with E-state index in [4.69, 9.17) is 0 Å². The summed E-state index contributed by atoms with van der Waals surface area (Å²) in [5.41, 5.74) is 1.35. The summed E-state index contributed by atoms with van der Waals surface area (Å²) >= 11 is 0. The van der Waals surface area contributed by atoms with Gasteiger partial charge in [0, 0.05) is 43.8 Å². The minimum atomic E-state index is 0.473. The summed E-state index contributed by atoms with van der Waals surface area (Å²) in [6.07, 6.45) is 12.1. The van der Waals surface area contributed by atoms with Crippen LogP contribution in [0, 0.1) is 0 Å². The van der Waals surface area contributed by atoms with Gasteiger partial charge in [0.05, 0.1) is 0 Å². The monoisotopic (exact) mass is 286 g/mol. The molecule has 0 aliphatic heterocycles. The number of nitrogens with one attached hydrogen (secondary N) is 1. The van der Waals surface area contributed by atoms with E-state index in [2.05, 4.69) is 52.0 Å². The van der Waals surface area contributed by atoms with E-state index in [1.54, 1.807) is 0 Å². The average Bonchev–Trinajstić information content (AvgIpc) is 2.94. The summed E-state index contributed by atoms with van der Waals surface area (Å²) in [6.45, 7) is 6.42. The maximum absolute atomic E-state index is 4.52. The summed E-state index contributed by atoms with van der Waals surface area (Å²) in [4.78, 5) is 8.60. The largest absolute Gasteiger partial charge is 0.335 e. The summed E-state index contributed by atoms with van der Waals surface area (Å²) in [5, 5.41) is 3.59. The Bertz CT molecular complexity index is 507. The highest BCUT2D eigenvalue weighted by molar-refractivity contribution is 5.10. The van der Waals surface area contributed by atoms with E-state index in [0.717, 1.165) is 38.8 Å². The fourth-order valence-corrected chi connectivity index (χ4v) is 2.65. The molecule has 1 atom stereocenters. The Hall–Kier alpha value is -1.68. The molecule has 2 aromatic rings. The molecule has 0 aliphatic carbocycles. The van der Waals surface area contributed by atoms with Gasteiger partial charge in [-0.1, -0.05) is 13.8 Å². The molecule has 0 amide bonds. The Kier molecular flexibility index (Phi) is 6.41. The number of nitrogens with zero attached hydrogens (tertiary/aromatic N) is 3. The Labute approximate surface area is 127 Å². The number of aryl methyl sites for hydroxylation is 2. The first-order valence-corrected chi connectivity index (χ1v) is 7.95. The molecule has 21 heavy (non-hydrogen) atoms. The van der Waals surface area contributed by atoms with Crippen LogP contribution in [-0.2, 0) is 19.4 Å². The molecule has 1 N–H and O–H groups in total. The van der Waals surface area contributed by atoms with Crippen LogP contribution >= 0.6 is 0 Å². The zero-order chi connectivity index (χ0) is 14.9. The average molecular weight is 286 g/mol. The second-order valence-corrected chi connectivity index (χ2v) is 5.39. The molecule has 114 valence electrons. The van der Waals surface area contributed by atoms with Crippen LogP contribution in [0.3, 0.4) is 0 Å². The number of hydrogen-bond acceptors (Lipinski definition) is 3. The third-order valence-corrected chi connectivity index (χ3v) is 3.72. The molecule has 0 fully saturated rings. The Balaban J connectivity index is 1.93. The molecule has 0 aliphatic rings. The van der Waals surface area contributed by atoms with E-state index in [-0.39, 0.29) is 0 Å². The van der Waals surface area contributed by atoms with Crippen molar-refractivity contribution in [1.29, 1.82) is 0 Å². The number of imidazole rings is 1. The highest BCUT2D eigenvalue weighted by Crippen LogP contribution is 2.09. The molecule has 4 nitrogen and oxygen atoms in total. The summed E-state index contributed by atoms with van der Waals surface area (Å²) in [7, 11) is 0. The highest BCUT2D eigenvalue weighted by Gasteiger charge is 2.12. The van der Waals surface area contributed by atoms with Crippen LogP contribution in [0.4, 0.5) is 0 Å². The lowest BCUT2D eigenvalue weighted by molar-refractivity contribution is 0.470. The number of hydrogen-bond donors (Lipinski definition) is 1. The molecule has 0 spiro atoms. The second kappa shape index (κ2) is 8.57. The molecule has 1 unspecified atom stereocenters. The van der Waals surface area contributed by atoms with Crippen LogP contribution < -0.4 is 5.32 Å². The first-order chi connectivity index (χ1) is 10.3. The maximum atomic E-state index is 4.52. The second-order valence-electron chi connectivity index (χ2n) is 5.39. The van der Waals surface area contributed by atoms with Gasteiger partial charge in [-0.2, -0.15) is 0 Å². The minimum absolute atomic E-state index is 0.473. The molecular formula is C17H26N4. The van der Waals surface area contributed by atoms with Crippen molar-refractivity contribution in [2.24, 2.45) is 0 Å². The molecular weight excluding hydrogens is 260 g/mol. The van der Waals surface area contributed by atoms with E-state index >= 15 is 0 Å². The number of rotatable bonds is 9. The zero-order valence-electron chi connectivity index (χ0n) is 13.1. The van der Waals surface area contributed by atoms with Gasteiger partial charge in [-0.25, -0.2) is 4.98 Å². The van der Waals surface area contributed by atoms with E-state index in [1.165, 1.54) is 11.4 Å². The molecule has 2 heterocycles. The van der Waals surface area contributed by atoms with Crippen molar-refractivity contribution in [3.05, 3.63) is 48.3 Å². The lowest BCUT2D eigenvalue weighted by atomic mass is 10.0. The molecule has 0 radical (unpaired) electrons. The van der Waals surface area contributed by atoms with Gasteiger partial charge in [-0.15, -0.1) is 0 Å². The van der Waals surface area contributed by atoms with Crippen molar-refractivity contribution in [3.8, 4) is 0 Å². The normalized spacial score (nSPS) is 12.5. The van der Waals surface area contributed by atoms with E-state index in [9.17, 15) is 0 Å². The van der Waals surface area contributed by atoms with Crippen molar-refractivity contribution in [2.45, 2.75) is 52.1 Å². The van der Waals surface area contributed by atoms with Crippen molar-refractivity contribution in [1.82, 2.24) is 19.9 Å². The third-order valence-electron chi connectivity index (χ3n) is 3.72. The predicted molar refractivity (Wildman–Crippen MR) is 86.2 cm³/mol. The quantitative estimate of drug-likeness (QED) is 0.771. The van der Waals surface area contributed by atoms with Crippen molar-refractivity contribution in [3.63, 3.8) is 0 Å². The predicted octanol–water partition coefficient (Wildman–Crippen LogP) is 2.84. The summed E-state index contributed by atoms with van der Waals surface area (Å²) in [5.74, 6) is 1.19. The van der Waals surface area contributed by atoms with Crippen LogP contribution in [-0.4, -0.2) is 27.1 Å². The standard InChI is InChI=1S/C17H26N4/c1-3-12-21-13-11-20-17(21)14-16(19-4-2)6-5-15-7-9-18-10-8-15/h7-11,13,16,19H,3-6,12,14H2,1-2H3. The van der Waals surface area contributed by atoms with Gasteiger partial charge in [0.2, 0.25) is 0 Å². The summed E-state index contributed by atoms with van der Waals surface area (Å²) in [6, 6.07) is 4.67. The van der Waals surface area contributed by atoms with Gasteiger partial charge in [0.15, 0.2) is 0 Å². The fourth-order valence-electron chi connectivity index (χ4n) is 2.65. The Morgan fingerprint density at radius 2 is 2.00 bits per heavy atom. The van der Waals surface area contributed by atoms with Crippen molar-refractivity contribution >= 4 is 0 Å². The third kappa shape index (κ3) is 4.97. The highest BCUT2D eigenvalue weighted by atomic mass is 15.1. The lowest BCUT2D eigenvalue weighted by Crippen LogP contribution is -2.32. The van der Waals surface area contributed by atoms with E-state index in [0.29, 0.717) is 6.04 Å². The Morgan fingerprint density at radius 3 is 2.71 bits per heavy atom. The van der Waals surface area contributed by atoms with E-state index in [1.807, 2.05) is 18.6 Å². The SMILES string of the molecule is CCCn1ccnc1CC(CCc1ccncc1)NCC. The molecule has 2 aromatic heterocycles. The van der Waals surface area contributed by atoms with E-state index < -0.39 is 0 Å². The summed E-state index contributed by atoms with van der Waals surface area (Å²) < 4.78 is 2.27. The topological polar surface area (TPSA) is 42.7 Å². The van der Waals surface area contributed by atoms with Crippen LogP contribution in [0.15, 0.2) is 36.9 Å². The van der Waals surface area contributed by atoms with Crippen LogP contribution in [0.25, 0.3) is 0 Å². The van der Waals surface area contributed by atoms with Gasteiger partial charge in [-0.3, -0.25) is 4.98 Å². The minimum Gasteiger partial charge on any atom is -0.335 e. The van der Waals surface area contributed by atoms with Gasteiger partial charge in [0.1, 0.15) is 5.82 Å². The molecule has 4 heteroatoms. The van der Waals surface area contributed by atoms with Crippen molar-refractivity contribution < 1.29 is 0 Å². The molecule has 0 saturated heterocycles. The first kappa shape index (κ1) is 15.7.